The lowest BCUT2D eigenvalue weighted by atomic mass is 10.1. The van der Waals surface area contributed by atoms with Gasteiger partial charge in [-0.05, 0) is 72.3 Å². The number of halogens is 1. The molecule has 3 N–H and O–H groups in total. The summed E-state index contributed by atoms with van der Waals surface area (Å²) in [4.78, 5) is 27.7. The van der Waals surface area contributed by atoms with E-state index < -0.39 is 5.91 Å². The van der Waals surface area contributed by atoms with Crippen LogP contribution in [0.1, 0.15) is 38.8 Å². The number of aliphatic hydroxyl groups is 1. The zero-order chi connectivity index (χ0) is 25.9. The van der Waals surface area contributed by atoms with E-state index in [1.54, 1.807) is 55.6 Å². The van der Waals surface area contributed by atoms with Crippen LogP contribution >= 0.6 is 11.6 Å². The van der Waals surface area contributed by atoms with Crippen molar-refractivity contribution in [2.45, 2.75) is 13.5 Å². The molecule has 0 aliphatic carbocycles. The van der Waals surface area contributed by atoms with Crippen molar-refractivity contribution in [1.82, 2.24) is 10.3 Å². The second-order valence-electron chi connectivity index (χ2n) is 7.91. The lowest BCUT2D eigenvalue weighted by molar-refractivity contribution is 0.0956. The van der Waals surface area contributed by atoms with Crippen LogP contribution in [0.2, 0.25) is 5.02 Å². The molecule has 0 saturated carbocycles. The fraction of sp³-hybridized carbons (Fsp3) is 0.222. The molecule has 0 heterocycles. The van der Waals surface area contributed by atoms with Gasteiger partial charge in [-0.25, -0.2) is 5.43 Å². The molecule has 0 aliphatic rings. The predicted octanol–water partition coefficient (Wildman–Crippen LogP) is 4.18. The Morgan fingerprint density at radius 2 is 1.78 bits per heavy atom. The van der Waals surface area contributed by atoms with Crippen molar-refractivity contribution in [3.8, 4) is 5.75 Å². The maximum atomic E-state index is 12.9. The molecule has 188 valence electrons. The average molecular weight is 509 g/mol. The first-order valence-electron chi connectivity index (χ1n) is 11.4. The van der Waals surface area contributed by atoms with Gasteiger partial charge in [0.15, 0.2) is 0 Å². The van der Waals surface area contributed by atoms with E-state index in [0.29, 0.717) is 29.4 Å². The minimum Gasteiger partial charge on any atom is -0.497 e. The van der Waals surface area contributed by atoms with Gasteiger partial charge in [-0.3, -0.25) is 14.5 Å². The Bertz CT molecular complexity index is 1200. The maximum absolute atomic E-state index is 12.9. The summed E-state index contributed by atoms with van der Waals surface area (Å²) in [5.41, 5.74) is 5.21. The molecule has 3 aromatic rings. The highest BCUT2D eigenvalue weighted by Gasteiger charge is 2.15. The molecule has 0 aromatic heterocycles. The van der Waals surface area contributed by atoms with Crippen molar-refractivity contribution in [1.29, 1.82) is 0 Å². The monoisotopic (exact) mass is 508 g/mol. The smallest absolute Gasteiger partial charge is 0.273 e. The number of ether oxygens (including phenoxy) is 1. The summed E-state index contributed by atoms with van der Waals surface area (Å²) in [6.07, 6.45) is 1.50. The molecule has 0 atom stereocenters. The molecule has 3 aromatic carbocycles. The number of nitrogens with one attached hydrogen (secondary N) is 2. The molecular formula is C27H29ClN4O4. The van der Waals surface area contributed by atoms with Gasteiger partial charge in [0.2, 0.25) is 0 Å². The first kappa shape index (κ1) is 26.9. The number of hydrogen-bond donors (Lipinski definition) is 3. The summed E-state index contributed by atoms with van der Waals surface area (Å²) >= 11 is 6.10. The van der Waals surface area contributed by atoms with Gasteiger partial charge in [-0.2, -0.15) is 5.10 Å². The molecule has 0 saturated heterocycles. The highest BCUT2D eigenvalue weighted by atomic mass is 35.5. The standard InChI is InChI=1S/C27H29ClN4O4/c1-3-32(14-15-33)18-20-4-8-21(9-5-20)26(34)30-25-13-10-22(28)16-24(25)27(35)31-29-17-19-6-11-23(36-2)12-7-19/h4-13,16-17,33H,3,14-15,18H2,1-2H3,(H,30,34)(H,31,35). The Labute approximate surface area is 215 Å². The Morgan fingerprint density at radius 1 is 1.06 bits per heavy atom. The zero-order valence-corrected chi connectivity index (χ0v) is 21.0. The largest absolute Gasteiger partial charge is 0.497 e. The van der Waals surface area contributed by atoms with Crippen molar-refractivity contribution < 1.29 is 19.4 Å². The molecular weight excluding hydrogens is 480 g/mol. The Hall–Kier alpha value is -3.72. The number of hydrazone groups is 1. The summed E-state index contributed by atoms with van der Waals surface area (Å²) < 4.78 is 5.12. The van der Waals surface area contributed by atoms with E-state index in [0.717, 1.165) is 23.4 Å². The van der Waals surface area contributed by atoms with E-state index in [2.05, 4.69) is 20.7 Å². The number of nitrogens with zero attached hydrogens (tertiary/aromatic N) is 2. The molecule has 0 spiro atoms. The van der Waals surface area contributed by atoms with E-state index in [1.807, 2.05) is 19.1 Å². The first-order chi connectivity index (χ1) is 17.4. The van der Waals surface area contributed by atoms with Crippen molar-refractivity contribution in [2.75, 3.05) is 32.1 Å². The van der Waals surface area contributed by atoms with Gasteiger partial charge >= 0.3 is 0 Å². The number of carbonyl (C=O) groups is 2. The Balaban J connectivity index is 1.67. The molecule has 0 fully saturated rings. The molecule has 0 bridgehead atoms. The van der Waals surface area contributed by atoms with E-state index in [-0.39, 0.29) is 18.1 Å². The number of methoxy groups -OCH3 is 1. The molecule has 0 radical (unpaired) electrons. The van der Waals surface area contributed by atoms with Crippen LogP contribution in [-0.4, -0.2) is 54.8 Å². The number of anilines is 1. The molecule has 3 rings (SSSR count). The number of rotatable bonds is 11. The zero-order valence-electron chi connectivity index (χ0n) is 20.2. The topological polar surface area (TPSA) is 103 Å². The minimum absolute atomic E-state index is 0.0954. The van der Waals surface area contributed by atoms with Crippen molar-refractivity contribution >= 4 is 35.3 Å². The van der Waals surface area contributed by atoms with Crippen LogP contribution in [0.4, 0.5) is 5.69 Å². The van der Waals surface area contributed by atoms with Crippen LogP contribution in [0.25, 0.3) is 0 Å². The van der Waals surface area contributed by atoms with Crippen LogP contribution in [0, 0.1) is 0 Å². The fourth-order valence-electron chi connectivity index (χ4n) is 3.43. The van der Waals surface area contributed by atoms with Crippen molar-refractivity contribution in [2.24, 2.45) is 5.10 Å². The molecule has 9 heteroatoms. The fourth-order valence-corrected chi connectivity index (χ4v) is 3.61. The van der Waals surface area contributed by atoms with Gasteiger partial charge in [-0.15, -0.1) is 0 Å². The van der Waals surface area contributed by atoms with Gasteiger partial charge in [0.25, 0.3) is 11.8 Å². The predicted molar refractivity (Wildman–Crippen MR) is 142 cm³/mol. The summed E-state index contributed by atoms with van der Waals surface area (Å²) in [5.74, 6) is -0.159. The van der Waals surface area contributed by atoms with Crippen LogP contribution in [0.3, 0.4) is 0 Å². The van der Waals surface area contributed by atoms with E-state index in [1.165, 1.54) is 12.3 Å². The number of benzene rings is 3. The number of hydrogen-bond acceptors (Lipinski definition) is 6. The Kier molecular flexibility index (Phi) is 10.00. The SMILES string of the molecule is CCN(CCO)Cc1ccc(C(=O)Nc2ccc(Cl)cc2C(=O)NN=Cc2ccc(OC)cc2)cc1. The van der Waals surface area contributed by atoms with Crippen molar-refractivity contribution in [3.63, 3.8) is 0 Å². The van der Waals surface area contributed by atoms with Crippen molar-refractivity contribution in [3.05, 3.63) is 94.0 Å². The summed E-state index contributed by atoms with van der Waals surface area (Å²) in [6.45, 7) is 4.20. The normalized spacial score (nSPS) is 11.0. The van der Waals surface area contributed by atoms with Crippen LogP contribution < -0.4 is 15.5 Å². The second kappa shape index (κ2) is 13.4. The highest BCUT2D eigenvalue weighted by molar-refractivity contribution is 6.31. The third-order valence-electron chi connectivity index (χ3n) is 5.46. The average Bonchev–Trinajstić information content (AvgIpc) is 2.90. The Morgan fingerprint density at radius 3 is 2.42 bits per heavy atom. The molecule has 0 unspecified atom stereocenters. The van der Waals surface area contributed by atoms with E-state index in [4.69, 9.17) is 21.4 Å². The summed E-state index contributed by atoms with van der Waals surface area (Å²) in [6, 6.07) is 19.0. The van der Waals surface area contributed by atoms with Gasteiger partial charge < -0.3 is 15.2 Å². The second-order valence-corrected chi connectivity index (χ2v) is 8.34. The summed E-state index contributed by atoms with van der Waals surface area (Å²) in [7, 11) is 1.58. The van der Waals surface area contributed by atoms with E-state index >= 15 is 0 Å². The molecule has 36 heavy (non-hydrogen) atoms. The summed E-state index contributed by atoms with van der Waals surface area (Å²) in [5, 5.41) is 16.3. The van der Waals surface area contributed by atoms with Gasteiger partial charge in [0.1, 0.15) is 5.75 Å². The minimum atomic E-state index is -0.517. The lowest BCUT2D eigenvalue weighted by Crippen LogP contribution is -2.26. The number of likely N-dealkylation sites (N-methyl/N-ethyl adjacent to an activating group) is 1. The van der Waals surface area contributed by atoms with E-state index in [9.17, 15) is 9.59 Å². The van der Waals surface area contributed by atoms with Gasteiger partial charge in [0, 0.05) is 23.7 Å². The van der Waals surface area contributed by atoms with Crippen LogP contribution in [0.5, 0.6) is 5.75 Å². The van der Waals surface area contributed by atoms with Crippen LogP contribution in [0.15, 0.2) is 71.8 Å². The van der Waals surface area contributed by atoms with Gasteiger partial charge in [0.05, 0.1) is 31.2 Å². The number of amides is 2. The quantitative estimate of drug-likeness (QED) is 0.266. The third-order valence-corrected chi connectivity index (χ3v) is 5.69. The number of aliphatic hydroxyl groups excluding tert-OH is 1. The maximum Gasteiger partial charge on any atom is 0.273 e. The van der Waals surface area contributed by atoms with Gasteiger partial charge in [-0.1, -0.05) is 30.7 Å². The first-order valence-corrected chi connectivity index (χ1v) is 11.8. The third kappa shape index (κ3) is 7.64. The molecule has 8 nitrogen and oxygen atoms in total. The number of carbonyl (C=O) groups excluding carboxylic acids is 2. The van der Waals surface area contributed by atoms with Crippen LogP contribution in [-0.2, 0) is 6.54 Å². The molecule has 2 amide bonds. The molecule has 0 aliphatic heterocycles. The highest BCUT2D eigenvalue weighted by Crippen LogP contribution is 2.22. The lowest BCUT2D eigenvalue weighted by Gasteiger charge is -2.19.